The molecule has 0 bridgehead atoms. The maximum Gasteiger partial charge on any atom is 0.326 e. The van der Waals surface area contributed by atoms with Gasteiger partial charge in [-0.3, -0.25) is 38.5 Å². The molecule has 2 aliphatic heterocycles. The number of likely N-dealkylation sites (N-methyl/N-ethyl adjacent to an activating group) is 2. The number of likely N-dealkylation sites (tertiary alicyclic amines) is 1. The van der Waals surface area contributed by atoms with Gasteiger partial charge in [-0.05, 0) is 67.3 Å². The zero-order chi connectivity index (χ0) is 53.2. The van der Waals surface area contributed by atoms with Crippen molar-refractivity contribution in [2.75, 3.05) is 47.9 Å². The van der Waals surface area contributed by atoms with Gasteiger partial charge in [0.2, 0.25) is 29.5 Å². The fourth-order valence-corrected chi connectivity index (χ4v) is 9.55. The van der Waals surface area contributed by atoms with Gasteiger partial charge in [0.05, 0.1) is 60.9 Å². The highest BCUT2D eigenvalue weighted by Gasteiger charge is 2.43. The molecule has 7 amide bonds. The van der Waals surface area contributed by atoms with Gasteiger partial charge in [-0.1, -0.05) is 77.8 Å². The normalized spacial score (nSPS) is 17.5. The van der Waals surface area contributed by atoms with Crippen molar-refractivity contribution in [3.8, 4) is 11.8 Å². The Hall–Kier alpha value is -6.65. The van der Waals surface area contributed by atoms with Gasteiger partial charge in [0.1, 0.15) is 17.8 Å². The quantitative estimate of drug-likeness (QED) is 0.0805. The molecule has 3 N–H and O–H groups in total. The third-order valence-corrected chi connectivity index (χ3v) is 13.8. The molecular weight excluding hydrogens is 927 g/mol. The first-order chi connectivity index (χ1) is 34.3. The first-order valence-corrected chi connectivity index (χ1v) is 24.7. The molecule has 0 saturated carbocycles. The Balaban J connectivity index is 1.29. The first kappa shape index (κ1) is 57.9. The number of hydrogen-bond acceptors (Lipinski definition) is 12. The van der Waals surface area contributed by atoms with E-state index in [0.29, 0.717) is 56.4 Å². The lowest BCUT2D eigenvalue weighted by atomic mass is 9.90. The number of carboxylic acids is 1. The summed E-state index contributed by atoms with van der Waals surface area (Å²) in [4.78, 5) is 112. The zero-order valence-electron chi connectivity index (χ0n) is 43.1. The number of nitriles is 1. The standard InChI is InChI=1S/C53H73N7O12/c1-10-34(4)48(41(70-8)29-44(62)59-27-17-20-40(59)49(71-9)35(5)50(65)56-39(53(68)69)28-36-18-13-11-14-19-36)58(7)46(64)32-55-51(66)47(33(2)3)57(6)43(61)21-15-12-16-26-60-45(63)30-42(52(60)67)72-38-24-22-37(31-54)23-25-38/h11,13-14,18-19,22-25,30,33-35,39-41,47-49H,10,12,15-17,20-21,26-29,32H2,1-9H3,(H,55,66)(H,56,65)(H,68,69)/t34-,35?,39?,40?,41?,47?,48?,49?/m1/s1. The van der Waals surface area contributed by atoms with Crippen LogP contribution in [-0.4, -0.2) is 156 Å². The van der Waals surface area contributed by atoms with Crippen LogP contribution in [0.2, 0.25) is 0 Å². The maximum atomic E-state index is 14.2. The monoisotopic (exact) mass is 1000 g/mol. The number of amides is 7. The van der Waals surface area contributed by atoms with Gasteiger partial charge in [-0.15, -0.1) is 0 Å². The molecule has 1 saturated heterocycles. The lowest BCUT2D eigenvalue weighted by Gasteiger charge is -2.39. The van der Waals surface area contributed by atoms with Crippen LogP contribution < -0.4 is 15.4 Å². The number of aliphatic carboxylic acids is 1. The van der Waals surface area contributed by atoms with E-state index < -0.39 is 77.8 Å². The number of carbonyl (C=O) groups excluding carboxylic acids is 7. The third-order valence-electron chi connectivity index (χ3n) is 13.8. The lowest BCUT2D eigenvalue weighted by molar-refractivity contribution is -0.147. The van der Waals surface area contributed by atoms with E-state index in [-0.39, 0.29) is 61.8 Å². The van der Waals surface area contributed by atoms with Crippen molar-refractivity contribution in [2.45, 2.75) is 129 Å². The second kappa shape index (κ2) is 27.8. The number of nitrogens with one attached hydrogen (secondary N) is 2. The van der Waals surface area contributed by atoms with Gasteiger partial charge in [0, 0.05) is 54.2 Å². The topological polar surface area (TPSA) is 245 Å². The molecule has 7 unspecified atom stereocenters. The molecule has 0 spiro atoms. The average molecular weight is 1000 g/mol. The van der Waals surface area contributed by atoms with E-state index in [9.17, 15) is 43.5 Å². The summed E-state index contributed by atoms with van der Waals surface area (Å²) < 4.78 is 17.4. The predicted molar refractivity (Wildman–Crippen MR) is 265 cm³/mol. The number of unbranched alkanes of at least 4 members (excludes halogenated alkanes) is 2. The molecule has 19 nitrogen and oxygen atoms in total. The van der Waals surface area contributed by atoms with Crippen LogP contribution in [-0.2, 0) is 54.3 Å². The van der Waals surface area contributed by atoms with E-state index in [1.807, 2.05) is 26.0 Å². The van der Waals surface area contributed by atoms with Crippen molar-refractivity contribution in [3.63, 3.8) is 0 Å². The Labute approximate surface area is 423 Å². The molecule has 4 rings (SSSR count). The van der Waals surface area contributed by atoms with E-state index in [0.717, 1.165) is 16.5 Å². The van der Waals surface area contributed by atoms with Crippen LogP contribution in [0, 0.1) is 29.1 Å². The predicted octanol–water partition coefficient (Wildman–Crippen LogP) is 4.08. The van der Waals surface area contributed by atoms with Gasteiger partial charge < -0.3 is 44.7 Å². The summed E-state index contributed by atoms with van der Waals surface area (Å²) in [5.74, 6) is -5.30. The van der Waals surface area contributed by atoms with E-state index >= 15 is 0 Å². The average Bonchev–Trinajstić information content (AvgIpc) is 3.95. The minimum atomic E-state index is -1.17. The van der Waals surface area contributed by atoms with Crippen molar-refractivity contribution in [2.24, 2.45) is 17.8 Å². The van der Waals surface area contributed by atoms with E-state index in [2.05, 4.69) is 10.6 Å². The van der Waals surface area contributed by atoms with Crippen LogP contribution in [0.5, 0.6) is 5.75 Å². The second-order valence-electron chi connectivity index (χ2n) is 19.0. The summed E-state index contributed by atoms with van der Waals surface area (Å²) in [7, 11) is 6.09. The molecule has 0 aliphatic carbocycles. The molecule has 0 radical (unpaired) electrons. The molecule has 2 aromatic carbocycles. The number of ether oxygens (including phenoxy) is 3. The van der Waals surface area contributed by atoms with Gasteiger partial charge in [0.15, 0.2) is 5.76 Å². The highest BCUT2D eigenvalue weighted by Crippen LogP contribution is 2.30. The van der Waals surface area contributed by atoms with Crippen molar-refractivity contribution in [3.05, 3.63) is 77.6 Å². The Morgan fingerprint density at radius 3 is 2.17 bits per heavy atom. The van der Waals surface area contributed by atoms with Crippen LogP contribution in [0.15, 0.2) is 66.4 Å². The molecule has 0 aromatic heterocycles. The third kappa shape index (κ3) is 15.4. The number of methoxy groups -OCH3 is 2. The second-order valence-corrected chi connectivity index (χ2v) is 19.0. The number of carbonyl (C=O) groups is 8. The minimum Gasteiger partial charge on any atom is -0.480 e. The number of carboxylic acid groups (broad SMARTS) is 1. The van der Waals surface area contributed by atoms with Crippen molar-refractivity contribution in [1.82, 2.24) is 30.2 Å². The number of hydrogen-bond donors (Lipinski definition) is 3. The van der Waals surface area contributed by atoms with Crippen LogP contribution in [0.4, 0.5) is 0 Å². The Kier molecular flexibility index (Phi) is 22.4. The van der Waals surface area contributed by atoms with Gasteiger partial charge in [-0.25, -0.2) is 4.79 Å². The minimum absolute atomic E-state index is 0.0912. The van der Waals surface area contributed by atoms with E-state index in [1.165, 1.54) is 48.3 Å². The van der Waals surface area contributed by atoms with Crippen LogP contribution in [0.25, 0.3) is 0 Å². The van der Waals surface area contributed by atoms with Crippen molar-refractivity contribution >= 4 is 47.3 Å². The number of nitrogens with zero attached hydrogens (tertiary/aromatic N) is 5. The SMILES string of the molecule is CC[C@@H](C)C(C(CC(=O)N1CCCC1C(OC)C(C)C(=O)NC(Cc1ccccc1)C(=O)O)OC)N(C)C(=O)CNC(=O)C(C(C)C)N(C)C(=O)CCCCCN1C(=O)C=C(Oc2ccc(C#N)cc2)C1=O. The van der Waals surface area contributed by atoms with Crippen molar-refractivity contribution < 1.29 is 57.7 Å². The molecule has 2 aromatic rings. The van der Waals surface area contributed by atoms with Crippen LogP contribution >= 0.6 is 0 Å². The van der Waals surface area contributed by atoms with Crippen LogP contribution in [0.1, 0.15) is 97.1 Å². The molecule has 2 aliphatic rings. The molecule has 2 heterocycles. The summed E-state index contributed by atoms with van der Waals surface area (Å²) >= 11 is 0. The van der Waals surface area contributed by atoms with Crippen LogP contribution in [0.3, 0.4) is 0 Å². The summed E-state index contributed by atoms with van der Waals surface area (Å²) in [6.45, 7) is 9.33. The highest BCUT2D eigenvalue weighted by molar-refractivity contribution is 6.15. The van der Waals surface area contributed by atoms with Gasteiger partial charge in [-0.2, -0.15) is 5.26 Å². The molecule has 19 heteroatoms. The van der Waals surface area contributed by atoms with Gasteiger partial charge in [0.25, 0.3) is 11.8 Å². The van der Waals surface area contributed by atoms with E-state index in [4.69, 9.17) is 19.5 Å². The first-order valence-electron chi connectivity index (χ1n) is 24.7. The fourth-order valence-electron chi connectivity index (χ4n) is 9.55. The Bertz CT molecular complexity index is 2280. The fraction of sp³-hybridized carbons (Fsp3) is 0.566. The van der Waals surface area contributed by atoms with Crippen molar-refractivity contribution in [1.29, 1.82) is 5.26 Å². The molecule has 72 heavy (non-hydrogen) atoms. The maximum absolute atomic E-state index is 14.2. The van der Waals surface area contributed by atoms with E-state index in [1.54, 1.807) is 64.0 Å². The Morgan fingerprint density at radius 2 is 1.57 bits per heavy atom. The zero-order valence-corrected chi connectivity index (χ0v) is 43.1. The Morgan fingerprint density at radius 1 is 0.889 bits per heavy atom. The number of imide groups is 1. The number of rotatable bonds is 28. The molecule has 1 fully saturated rings. The summed E-state index contributed by atoms with van der Waals surface area (Å²) in [6, 6.07) is 14.0. The molecular formula is C53H73N7O12. The molecule has 392 valence electrons. The largest absolute Gasteiger partial charge is 0.480 e. The number of benzene rings is 2. The lowest BCUT2D eigenvalue weighted by Crippen LogP contribution is -2.56. The summed E-state index contributed by atoms with van der Waals surface area (Å²) in [5.41, 5.74) is 1.18. The highest BCUT2D eigenvalue weighted by atomic mass is 16.5. The van der Waals surface area contributed by atoms with Gasteiger partial charge >= 0.3 is 5.97 Å². The molecule has 8 atom stereocenters. The summed E-state index contributed by atoms with van der Waals surface area (Å²) in [5, 5.41) is 24.3. The smallest absolute Gasteiger partial charge is 0.326 e. The summed E-state index contributed by atoms with van der Waals surface area (Å²) in [6.07, 6.45) is 2.99.